The van der Waals surface area contributed by atoms with Gasteiger partial charge in [0.05, 0.1) is 4.92 Å². The standard InChI is InChI=1S/C6H6ClN3O3/c1-8-6-5(10(12)13)3(11)2-4(7)9-6/h2H,1H3,(H2,8,9,11). The molecule has 0 aromatic carbocycles. The Morgan fingerprint density at radius 1 is 1.69 bits per heavy atom. The minimum atomic E-state index is -0.763. The van der Waals surface area contributed by atoms with E-state index in [0.717, 1.165) is 6.07 Å². The summed E-state index contributed by atoms with van der Waals surface area (Å²) in [5.41, 5.74) is -1.26. The van der Waals surface area contributed by atoms with E-state index in [-0.39, 0.29) is 11.0 Å². The van der Waals surface area contributed by atoms with E-state index in [1.807, 2.05) is 0 Å². The molecule has 1 rings (SSSR count). The smallest absolute Gasteiger partial charge is 0.356 e. The van der Waals surface area contributed by atoms with Crippen molar-refractivity contribution >= 4 is 23.1 Å². The number of hydrogen-bond acceptors (Lipinski definition) is 4. The lowest BCUT2D eigenvalue weighted by Gasteiger charge is -2.00. The van der Waals surface area contributed by atoms with Gasteiger partial charge in [-0.3, -0.25) is 14.9 Å². The predicted octanol–water partition coefficient (Wildman–Crippen LogP) is 0.978. The number of anilines is 1. The highest BCUT2D eigenvalue weighted by Gasteiger charge is 2.18. The monoisotopic (exact) mass is 203 g/mol. The summed E-state index contributed by atoms with van der Waals surface area (Å²) in [7, 11) is 1.45. The van der Waals surface area contributed by atoms with Gasteiger partial charge in [-0.05, 0) is 0 Å². The van der Waals surface area contributed by atoms with Gasteiger partial charge in [0, 0.05) is 13.1 Å². The van der Waals surface area contributed by atoms with Crippen LogP contribution in [0.1, 0.15) is 0 Å². The first kappa shape index (κ1) is 9.53. The first-order valence-electron chi connectivity index (χ1n) is 3.31. The van der Waals surface area contributed by atoms with Crippen LogP contribution in [-0.2, 0) is 0 Å². The largest absolute Gasteiger partial charge is 0.369 e. The van der Waals surface area contributed by atoms with Crippen LogP contribution in [0.2, 0.25) is 5.15 Å². The van der Waals surface area contributed by atoms with Crippen molar-refractivity contribution in [1.29, 1.82) is 0 Å². The molecule has 1 heterocycles. The third-order valence-corrected chi connectivity index (χ3v) is 1.61. The van der Waals surface area contributed by atoms with E-state index in [2.05, 4.69) is 10.3 Å². The molecular formula is C6H6ClN3O3. The second kappa shape index (κ2) is 3.44. The van der Waals surface area contributed by atoms with E-state index in [1.54, 1.807) is 0 Å². The number of halogens is 1. The van der Waals surface area contributed by atoms with Gasteiger partial charge in [0.15, 0.2) is 5.82 Å². The summed E-state index contributed by atoms with van der Waals surface area (Å²) in [4.78, 5) is 23.2. The van der Waals surface area contributed by atoms with Crippen molar-refractivity contribution in [2.24, 2.45) is 0 Å². The number of hydrogen-bond donors (Lipinski definition) is 2. The third-order valence-electron chi connectivity index (χ3n) is 1.41. The molecule has 0 unspecified atom stereocenters. The van der Waals surface area contributed by atoms with Gasteiger partial charge in [0.25, 0.3) is 5.43 Å². The molecule has 0 aliphatic rings. The maximum atomic E-state index is 11.1. The second-order valence-electron chi connectivity index (χ2n) is 2.21. The Hall–Kier alpha value is -1.56. The van der Waals surface area contributed by atoms with Gasteiger partial charge in [0.2, 0.25) is 0 Å². The molecule has 1 aromatic heterocycles. The molecule has 1 aromatic rings. The fourth-order valence-corrected chi connectivity index (χ4v) is 1.08. The molecule has 0 aliphatic heterocycles. The summed E-state index contributed by atoms with van der Waals surface area (Å²) in [5.74, 6) is 0.00231. The van der Waals surface area contributed by atoms with Crippen LogP contribution in [0.5, 0.6) is 0 Å². The van der Waals surface area contributed by atoms with Crippen molar-refractivity contribution in [3.63, 3.8) is 0 Å². The SMILES string of the molecule is CNc1[nH]c(Cl)cc(=O)c1[N+](=O)[O-]. The fourth-order valence-electron chi connectivity index (χ4n) is 0.884. The molecule has 6 nitrogen and oxygen atoms in total. The highest BCUT2D eigenvalue weighted by molar-refractivity contribution is 6.29. The van der Waals surface area contributed by atoms with Crippen molar-refractivity contribution in [2.45, 2.75) is 0 Å². The first-order chi connectivity index (χ1) is 6.06. The Kier molecular flexibility index (Phi) is 2.52. The minimum absolute atomic E-state index is 0.00231. The average molecular weight is 204 g/mol. The van der Waals surface area contributed by atoms with Crippen molar-refractivity contribution < 1.29 is 4.92 Å². The van der Waals surface area contributed by atoms with Gasteiger partial charge in [-0.15, -0.1) is 0 Å². The topological polar surface area (TPSA) is 88.0 Å². The molecule has 0 bridgehead atoms. The van der Waals surface area contributed by atoms with Crippen LogP contribution < -0.4 is 10.7 Å². The molecule has 0 aliphatic carbocycles. The van der Waals surface area contributed by atoms with Gasteiger partial charge in [0.1, 0.15) is 5.15 Å². The molecule has 0 radical (unpaired) electrons. The minimum Gasteiger partial charge on any atom is -0.369 e. The number of rotatable bonds is 2. The number of aromatic amines is 1. The van der Waals surface area contributed by atoms with E-state index in [9.17, 15) is 14.9 Å². The molecule has 70 valence electrons. The number of pyridine rings is 1. The molecular weight excluding hydrogens is 198 g/mol. The van der Waals surface area contributed by atoms with Crippen molar-refractivity contribution in [3.8, 4) is 0 Å². The summed E-state index contributed by atoms with van der Waals surface area (Å²) in [5, 5.41) is 12.9. The van der Waals surface area contributed by atoms with Crippen LogP contribution in [0.15, 0.2) is 10.9 Å². The zero-order valence-corrected chi connectivity index (χ0v) is 7.38. The molecule has 0 saturated heterocycles. The first-order valence-corrected chi connectivity index (χ1v) is 3.69. The molecule has 0 fully saturated rings. The van der Waals surface area contributed by atoms with Gasteiger partial charge >= 0.3 is 5.69 Å². The molecule has 0 atom stereocenters. The van der Waals surface area contributed by atoms with E-state index in [1.165, 1.54) is 7.05 Å². The number of nitro groups is 1. The predicted molar refractivity (Wildman–Crippen MR) is 48.3 cm³/mol. The van der Waals surface area contributed by atoms with E-state index in [4.69, 9.17) is 11.6 Å². The zero-order chi connectivity index (χ0) is 10.0. The summed E-state index contributed by atoms with van der Waals surface area (Å²) >= 11 is 5.49. The van der Waals surface area contributed by atoms with E-state index >= 15 is 0 Å². The molecule has 2 N–H and O–H groups in total. The Morgan fingerprint density at radius 2 is 2.31 bits per heavy atom. The Bertz CT molecular complexity index is 401. The fraction of sp³-hybridized carbons (Fsp3) is 0.167. The normalized spacial score (nSPS) is 9.69. The van der Waals surface area contributed by atoms with Crippen LogP contribution in [0, 0.1) is 10.1 Å². The highest BCUT2D eigenvalue weighted by atomic mass is 35.5. The molecule has 13 heavy (non-hydrogen) atoms. The second-order valence-corrected chi connectivity index (χ2v) is 2.62. The van der Waals surface area contributed by atoms with Crippen LogP contribution in [0.3, 0.4) is 0 Å². The van der Waals surface area contributed by atoms with E-state index < -0.39 is 16.0 Å². The van der Waals surface area contributed by atoms with Crippen LogP contribution >= 0.6 is 11.6 Å². The Balaban J connectivity index is 3.48. The Labute approximate surface area is 77.7 Å². The van der Waals surface area contributed by atoms with Gasteiger partial charge in [-0.2, -0.15) is 0 Å². The molecule has 0 spiro atoms. The quantitative estimate of drug-likeness (QED) is 0.426. The number of nitrogens with one attached hydrogen (secondary N) is 2. The van der Waals surface area contributed by atoms with Crippen molar-refractivity contribution in [3.05, 3.63) is 31.6 Å². The zero-order valence-electron chi connectivity index (χ0n) is 6.63. The van der Waals surface area contributed by atoms with Crippen LogP contribution in [-0.4, -0.2) is 17.0 Å². The highest BCUT2D eigenvalue weighted by Crippen LogP contribution is 2.18. The number of H-pyrrole nitrogens is 1. The van der Waals surface area contributed by atoms with Crippen LogP contribution in [0.25, 0.3) is 0 Å². The Morgan fingerprint density at radius 3 is 2.77 bits per heavy atom. The average Bonchev–Trinajstić information content (AvgIpc) is 2.01. The molecule has 0 saturated carbocycles. The van der Waals surface area contributed by atoms with Crippen LogP contribution in [0.4, 0.5) is 11.5 Å². The third kappa shape index (κ3) is 1.78. The summed E-state index contributed by atoms with van der Waals surface area (Å²) in [6.45, 7) is 0. The lowest BCUT2D eigenvalue weighted by Crippen LogP contribution is -2.11. The van der Waals surface area contributed by atoms with E-state index in [0.29, 0.717) is 0 Å². The van der Waals surface area contributed by atoms with Gasteiger partial charge < -0.3 is 10.3 Å². The summed E-state index contributed by atoms with van der Waals surface area (Å²) < 4.78 is 0. The molecule has 7 heteroatoms. The number of aromatic nitrogens is 1. The lowest BCUT2D eigenvalue weighted by molar-refractivity contribution is -0.385. The summed E-state index contributed by atoms with van der Waals surface area (Å²) in [6, 6.07) is 0.959. The summed E-state index contributed by atoms with van der Waals surface area (Å²) in [6.07, 6.45) is 0. The maximum Gasteiger partial charge on any atom is 0.356 e. The number of nitrogens with zero attached hydrogens (tertiary/aromatic N) is 1. The maximum absolute atomic E-state index is 11.1. The molecule has 0 amide bonds. The van der Waals surface area contributed by atoms with Gasteiger partial charge in [-0.25, -0.2) is 0 Å². The van der Waals surface area contributed by atoms with Crippen molar-refractivity contribution in [1.82, 2.24) is 4.98 Å². The van der Waals surface area contributed by atoms with Crippen molar-refractivity contribution in [2.75, 3.05) is 12.4 Å². The lowest BCUT2D eigenvalue weighted by atomic mass is 10.4. The van der Waals surface area contributed by atoms with Gasteiger partial charge in [-0.1, -0.05) is 11.6 Å².